The molecule has 1 nitrogen and oxygen atoms in total. The van der Waals surface area contributed by atoms with Crippen molar-refractivity contribution in [1.29, 1.82) is 0 Å². The van der Waals surface area contributed by atoms with Gasteiger partial charge >= 0.3 is 0 Å². The molecule has 0 saturated carbocycles. The number of hydrogen-bond acceptors (Lipinski definition) is 1. The minimum Gasteiger partial charge on any atom is -0.412 e. The fourth-order valence-electron chi connectivity index (χ4n) is 3.41. The zero-order valence-electron chi connectivity index (χ0n) is 13.7. The molecule has 0 radical (unpaired) electrons. The topological polar surface area (TPSA) is 9.23 Å². The molecule has 0 aliphatic heterocycles. The Morgan fingerprint density at radius 2 is 1.40 bits per heavy atom. The van der Waals surface area contributed by atoms with Gasteiger partial charge in [0.25, 0.3) is 0 Å². The maximum absolute atomic E-state index is 6.56. The second kappa shape index (κ2) is 7.11. The fraction of sp³-hybridized carbons (Fsp3) is 0.556. The summed E-state index contributed by atoms with van der Waals surface area (Å²) in [5.74, 6) is 2.65. The van der Waals surface area contributed by atoms with Gasteiger partial charge in [0, 0.05) is 5.56 Å². The van der Waals surface area contributed by atoms with Crippen molar-refractivity contribution in [3.63, 3.8) is 0 Å². The summed E-state index contributed by atoms with van der Waals surface area (Å²) >= 11 is 0. The smallest absolute Gasteiger partial charge is 0.200 e. The van der Waals surface area contributed by atoms with Gasteiger partial charge in [-0.05, 0) is 34.3 Å². The maximum atomic E-state index is 6.56. The van der Waals surface area contributed by atoms with Gasteiger partial charge in [0.2, 0.25) is 8.32 Å². The summed E-state index contributed by atoms with van der Waals surface area (Å²) in [6.45, 7) is 14.6. The van der Waals surface area contributed by atoms with Crippen molar-refractivity contribution in [2.24, 2.45) is 0 Å². The Bertz CT molecular complexity index is 430. The van der Waals surface area contributed by atoms with Crippen LogP contribution in [0.25, 0.3) is 0 Å². The van der Waals surface area contributed by atoms with Gasteiger partial charge in [0.1, 0.15) is 0 Å². The monoisotopic (exact) mass is 288 g/mol. The lowest BCUT2D eigenvalue weighted by molar-refractivity contribution is 0.266. The molecule has 0 bridgehead atoms. The third kappa shape index (κ3) is 3.53. The maximum Gasteiger partial charge on any atom is 0.200 e. The molecule has 1 rings (SSSR count). The Labute approximate surface area is 125 Å². The van der Waals surface area contributed by atoms with Crippen molar-refractivity contribution >= 4 is 8.32 Å². The summed E-state index contributed by atoms with van der Waals surface area (Å²) in [5.41, 5.74) is 3.99. The lowest BCUT2D eigenvalue weighted by Gasteiger charge is -2.42. The van der Waals surface area contributed by atoms with Crippen LogP contribution in [0.1, 0.15) is 52.7 Å². The van der Waals surface area contributed by atoms with Crippen molar-refractivity contribution < 1.29 is 4.43 Å². The summed E-state index contributed by atoms with van der Waals surface area (Å²) < 4.78 is 6.56. The first-order valence-corrected chi connectivity index (χ1v) is 9.68. The quantitative estimate of drug-likeness (QED) is 0.506. The molecule has 0 amide bonds. The third-order valence-electron chi connectivity index (χ3n) is 4.32. The number of hydrogen-bond donors (Lipinski definition) is 0. The highest BCUT2D eigenvalue weighted by Crippen LogP contribution is 2.42. The Balaban J connectivity index is 2.88. The zero-order chi connectivity index (χ0) is 15.3. The van der Waals surface area contributed by atoms with Crippen LogP contribution in [0, 0.1) is 12.3 Å². The Morgan fingerprint density at radius 1 is 0.950 bits per heavy atom. The molecule has 110 valence electrons. The predicted molar refractivity (Wildman–Crippen MR) is 90.2 cm³/mol. The standard InChI is InChI=1S/C18H28OSi/c1-8-17-9-11-18(12-10-17)13-19-20(14(2)3,15(4)5)16(6)7/h1,9-12,14-16H,13H2,2-7H3. The van der Waals surface area contributed by atoms with Gasteiger partial charge in [0.05, 0.1) is 6.61 Å². The molecule has 1 aromatic rings. The van der Waals surface area contributed by atoms with Gasteiger partial charge in [-0.15, -0.1) is 6.42 Å². The van der Waals surface area contributed by atoms with Crippen LogP contribution in [-0.2, 0) is 11.0 Å². The van der Waals surface area contributed by atoms with Crippen molar-refractivity contribution in [2.45, 2.75) is 64.8 Å². The Morgan fingerprint density at radius 3 is 1.75 bits per heavy atom. The van der Waals surface area contributed by atoms with Crippen LogP contribution in [-0.4, -0.2) is 8.32 Å². The van der Waals surface area contributed by atoms with E-state index >= 15 is 0 Å². The first kappa shape index (κ1) is 17.0. The molecule has 0 N–H and O–H groups in total. The van der Waals surface area contributed by atoms with Gasteiger partial charge in [-0.1, -0.05) is 59.6 Å². The lowest BCUT2D eigenvalue weighted by Crippen LogP contribution is -2.47. The molecular formula is C18H28OSi. The van der Waals surface area contributed by atoms with Crippen LogP contribution in [0.4, 0.5) is 0 Å². The van der Waals surface area contributed by atoms with Gasteiger partial charge in [-0.3, -0.25) is 0 Å². The van der Waals surface area contributed by atoms with Crippen molar-refractivity contribution in [1.82, 2.24) is 0 Å². The van der Waals surface area contributed by atoms with E-state index in [2.05, 4.69) is 59.6 Å². The van der Waals surface area contributed by atoms with E-state index in [1.54, 1.807) is 0 Å². The average molecular weight is 289 g/mol. The molecule has 20 heavy (non-hydrogen) atoms. The minimum absolute atomic E-state index is 0.618. The molecule has 2 heteroatoms. The van der Waals surface area contributed by atoms with E-state index in [-0.39, 0.29) is 0 Å². The first-order chi connectivity index (χ1) is 9.34. The number of benzene rings is 1. The van der Waals surface area contributed by atoms with E-state index in [1.165, 1.54) is 5.56 Å². The van der Waals surface area contributed by atoms with Gasteiger partial charge in [-0.2, -0.15) is 0 Å². The van der Waals surface area contributed by atoms with Gasteiger partial charge in [0.15, 0.2) is 0 Å². The normalized spacial score (nSPS) is 12.2. The molecular weight excluding hydrogens is 260 g/mol. The predicted octanol–water partition coefficient (Wildman–Crippen LogP) is 5.36. The Kier molecular flexibility index (Phi) is 6.04. The highest BCUT2D eigenvalue weighted by molar-refractivity contribution is 6.77. The summed E-state index contributed by atoms with van der Waals surface area (Å²) in [6, 6.07) is 8.13. The van der Waals surface area contributed by atoms with Crippen LogP contribution >= 0.6 is 0 Å². The molecule has 0 heterocycles. The minimum atomic E-state index is -1.77. The largest absolute Gasteiger partial charge is 0.412 e. The third-order valence-corrected chi connectivity index (χ3v) is 10.4. The SMILES string of the molecule is C#Cc1ccc(CO[Si](C(C)C)(C(C)C)C(C)C)cc1. The van der Waals surface area contributed by atoms with E-state index < -0.39 is 8.32 Å². The van der Waals surface area contributed by atoms with E-state index in [4.69, 9.17) is 10.8 Å². The van der Waals surface area contributed by atoms with Gasteiger partial charge < -0.3 is 4.43 Å². The molecule has 0 spiro atoms. The van der Waals surface area contributed by atoms with E-state index in [9.17, 15) is 0 Å². The first-order valence-electron chi connectivity index (χ1n) is 7.54. The van der Waals surface area contributed by atoms with Crippen LogP contribution in [0.2, 0.25) is 16.6 Å². The second-order valence-corrected chi connectivity index (χ2v) is 11.9. The highest BCUT2D eigenvalue weighted by Gasteiger charge is 2.44. The molecule has 0 saturated heterocycles. The van der Waals surface area contributed by atoms with Gasteiger partial charge in [-0.25, -0.2) is 0 Å². The van der Waals surface area contributed by atoms with E-state index in [0.717, 1.165) is 5.56 Å². The van der Waals surface area contributed by atoms with Crippen LogP contribution in [0.3, 0.4) is 0 Å². The molecule has 0 unspecified atom stereocenters. The van der Waals surface area contributed by atoms with E-state index in [1.807, 2.05) is 12.1 Å². The van der Waals surface area contributed by atoms with Crippen molar-refractivity contribution in [3.8, 4) is 12.3 Å². The molecule has 0 aromatic heterocycles. The van der Waals surface area contributed by atoms with Crippen molar-refractivity contribution in [3.05, 3.63) is 35.4 Å². The number of rotatable bonds is 6. The summed E-state index contributed by atoms with van der Waals surface area (Å²) in [6.07, 6.45) is 5.39. The van der Waals surface area contributed by atoms with Crippen LogP contribution < -0.4 is 0 Å². The fourth-order valence-corrected chi connectivity index (χ4v) is 8.82. The summed E-state index contributed by atoms with van der Waals surface area (Å²) in [7, 11) is -1.77. The molecule has 0 aliphatic carbocycles. The highest BCUT2D eigenvalue weighted by atomic mass is 28.4. The zero-order valence-corrected chi connectivity index (χ0v) is 14.7. The van der Waals surface area contributed by atoms with E-state index in [0.29, 0.717) is 23.2 Å². The molecule has 0 atom stereocenters. The summed E-state index contributed by atoms with van der Waals surface area (Å²) in [5, 5.41) is 0. The second-order valence-electron chi connectivity index (χ2n) is 6.45. The molecule has 0 fully saturated rings. The number of terminal acetylenes is 1. The summed E-state index contributed by atoms with van der Waals surface area (Å²) in [4.78, 5) is 0. The average Bonchev–Trinajstić information content (AvgIpc) is 2.38. The van der Waals surface area contributed by atoms with Crippen LogP contribution in [0.5, 0.6) is 0 Å². The molecule has 0 aliphatic rings. The van der Waals surface area contributed by atoms with Crippen LogP contribution in [0.15, 0.2) is 24.3 Å². The lowest BCUT2D eigenvalue weighted by atomic mass is 10.1. The Hall–Kier alpha value is -1.04. The van der Waals surface area contributed by atoms with Crippen molar-refractivity contribution in [2.75, 3.05) is 0 Å². The molecule has 1 aromatic carbocycles.